The van der Waals surface area contributed by atoms with Crippen LogP contribution in [0, 0.1) is 10.1 Å². The van der Waals surface area contributed by atoms with Gasteiger partial charge in [-0.3, -0.25) is 0 Å². The van der Waals surface area contributed by atoms with E-state index >= 15 is 0 Å². The molecule has 0 atom stereocenters. The number of phenolic OH excluding ortho intramolecular Hbond substituents is 1. The number of benzene rings is 2. The zero-order chi connectivity index (χ0) is 13.0. The predicted octanol–water partition coefficient (Wildman–Crippen LogP) is 3.45. The molecule has 0 spiro atoms. The Bertz CT molecular complexity index is 526. The van der Waals surface area contributed by atoms with Gasteiger partial charge >= 0.3 is 0 Å². The summed E-state index contributed by atoms with van der Waals surface area (Å²) in [5.74, 6) is 1.72. The van der Waals surface area contributed by atoms with Crippen molar-refractivity contribution in [2.45, 2.75) is 6.42 Å². The lowest BCUT2D eigenvalue weighted by molar-refractivity contribution is 0.463. The monoisotopic (exact) mass is 354 g/mol. The summed E-state index contributed by atoms with van der Waals surface area (Å²) in [6.45, 7) is 1.63. The third-order valence-corrected chi connectivity index (χ3v) is 3.26. The van der Waals surface area contributed by atoms with Crippen LogP contribution < -0.4 is 10.5 Å². The normalized spacial score (nSPS) is 10.3. The van der Waals surface area contributed by atoms with Crippen LogP contribution >= 0.6 is 22.6 Å². The molecular weight excluding hydrogens is 341 g/mol. The second-order valence-electron chi connectivity index (χ2n) is 3.80. The second kappa shape index (κ2) is 6.06. The maximum atomic E-state index is 9.20. The van der Waals surface area contributed by atoms with Crippen molar-refractivity contribution in [3.63, 3.8) is 0 Å². The van der Waals surface area contributed by atoms with E-state index in [9.17, 15) is 5.11 Å². The van der Waals surface area contributed by atoms with E-state index in [2.05, 4.69) is 22.6 Å². The highest BCUT2D eigenvalue weighted by Crippen LogP contribution is 2.28. The molecule has 0 unspecified atom stereocenters. The van der Waals surface area contributed by atoms with Gasteiger partial charge in [-0.1, -0.05) is 6.07 Å². The molecule has 2 aromatic carbocycles. The molecule has 3 nitrogen and oxygen atoms in total. The standard InChI is InChI=1S/C14H13INO2/c15-13-9-10(7-8-16)1-6-14(13)18-12-4-2-11(17)3-5-12/h1-6,8-9,17H,7,16H2. The van der Waals surface area contributed by atoms with Gasteiger partial charge in [0, 0.05) is 6.54 Å². The second-order valence-corrected chi connectivity index (χ2v) is 4.96. The first-order chi connectivity index (χ1) is 8.69. The molecule has 0 aliphatic heterocycles. The number of aromatic hydroxyl groups is 1. The van der Waals surface area contributed by atoms with Crippen LogP contribution in [0.1, 0.15) is 5.56 Å². The summed E-state index contributed by atoms with van der Waals surface area (Å²) in [6.07, 6.45) is 0.746. The van der Waals surface area contributed by atoms with E-state index in [1.54, 1.807) is 30.8 Å². The highest BCUT2D eigenvalue weighted by atomic mass is 127. The fraction of sp³-hybridized carbons (Fsp3) is 0.0714. The molecule has 0 amide bonds. The van der Waals surface area contributed by atoms with Gasteiger partial charge in [0.25, 0.3) is 0 Å². The van der Waals surface area contributed by atoms with E-state index in [1.807, 2.05) is 18.2 Å². The maximum absolute atomic E-state index is 9.20. The molecule has 1 radical (unpaired) electrons. The van der Waals surface area contributed by atoms with Crippen molar-refractivity contribution >= 4 is 22.6 Å². The minimum atomic E-state index is 0.228. The number of rotatable bonds is 4. The summed E-state index contributed by atoms with van der Waals surface area (Å²) in [4.78, 5) is 0. The molecule has 0 aliphatic rings. The third kappa shape index (κ3) is 3.36. The maximum Gasteiger partial charge on any atom is 0.140 e. The van der Waals surface area contributed by atoms with Gasteiger partial charge in [0.15, 0.2) is 0 Å². The zero-order valence-corrected chi connectivity index (χ0v) is 11.8. The molecule has 4 heteroatoms. The van der Waals surface area contributed by atoms with Crippen LogP contribution in [0.25, 0.3) is 0 Å². The van der Waals surface area contributed by atoms with Gasteiger partial charge in [-0.05, 0) is 71.0 Å². The molecule has 0 aromatic heterocycles. The number of hydrogen-bond donors (Lipinski definition) is 2. The number of halogens is 1. The Morgan fingerprint density at radius 1 is 1.17 bits per heavy atom. The average Bonchev–Trinajstić information content (AvgIpc) is 2.36. The minimum absolute atomic E-state index is 0.228. The Kier molecular flexibility index (Phi) is 4.43. The predicted molar refractivity (Wildman–Crippen MR) is 79.5 cm³/mol. The van der Waals surface area contributed by atoms with Gasteiger partial charge in [-0.25, -0.2) is 0 Å². The van der Waals surface area contributed by atoms with Crippen molar-refractivity contribution in [1.29, 1.82) is 0 Å². The van der Waals surface area contributed by atoms with Crippen LogP contribution in [0.15, 0.2) is 42.5 Å². The topological polar surface area (TPSA) is 55.5 Å². The number of hydrogen-bond acceptors (Lipinski definition) is 3. The van der Waals surface area contributed by atoms with E-state index in [1.165, 1.54) is 0 Å². The Balaban J connectivity index is 2.16. The first-order valence-electron chi connectivity index (χ1n) is 5.48. The summed E-state index contributed by atoms with van der Waals surface area (Å²) in [6, 6.07) is 12.6. The Labute approximate surface area is 120 Å². The van der Waals surface area contributed by atoms with Crippen LogP contribution in [0.4, 0.5) is 0 Å². The van der Waals surface area contributed by atoms with Gasteiger partial charge in [0.1, 0.15) is 17.2 Å². The molecule has 0 heterocycles. The molecule has 0 aliphatic carbocycles. The summed E-state index contributed by atoms with van der Waals surface area (Å²) in [5.41, 5.74) is 6.56. The number of ether oxygens (including phenoxy) is 1. The van der Waals surface area contributed by atoms with Gasteiger partial charge in [0.2, 0.25) is 0 Å². The van der Waals surface area contributed by atoms with Crippen LogP contribution in [0.2, 0.25) is 0 Å². The van der Waals surface area contributed by atoms with Crippen LogP contribution in [0.5, 0.6) is 17.2 Å². The molecule has 3 N–H and O–H groups in total. The Morgan fingerprint density at radius 2 is 1.89 bits per heavy atom. The highest BCUT2D eigenvalue weighted by molar-refractivity contribution is 14.1. The fourth-order valence-corrected chi connectivity index (χ4v) is 2.22. The first kappa shape index (κ1) is 13.2. The Hall–Kier alpha value is -1.27. The quantitative estimate of drug-likeness (QED) is 0.827. The lowest BCUT2D eigenvalue weighted by Gasteiger charge is -2.09. The van der Waals surface area contributed by atoms with Gasteiger partial charge in [-0.15, -0.1) is 0 Å². The lowest BCUT2D eigenvalue weighted by atomic mass is 10.1. The average molecular weight is 354 g/mol. The van der Waals surface area contributed by atoms with Crippen molar-refractivity contribution in [3.8, 4) is 17.2 Å². The molecule has 93 valence electrons. The smallest absolute Gasteiger partial charge is 0.140 e. The highest BCUT2D eigenvalue weighted by Gasteiger charge is 2.04. The van der Waals surface area contributed by atoms with Crippen molar-refractivity contribution in [3.05, 3.63) is 58.1 Å². The molecule has 18 heavy (non-hydrogen) atoms. The molecule has 2 rings (SSSR count). The molecule has 0 saturated carbocycles. The number of nitrogens with two attached hydrogens (primary N) is 1. The van der Waals surface area contributed by atoms with E-state index < -0.39 is 0 Å². The fourth-order valence-electron chi connectivity index (χ4n) is 1.53. The molecule has 0 fully saturated rings. The van der Waals surface area contributed by atoms with Crippen molar-refractivity contribution in [2.24, 2.45) is 5.73 Å². The summed E-state index contributed by atoms with van der Waals surface area (Å²) in [5, 5.41) is 9.20. The van der Waals surface area contributed by atoms with Gasteiger partial charge in [0.05, 0.1) is 3.57 Å². The molecule has 2 aromatic rings. The Morgan fingerprint density at radius 3 is 2.50 bits per heavy atom. The van der Waals surface area contributed by atoms with Gasteiger partial charge < -0.3 is 15.6 Å². The van der Waals surface area contributed by atoms with E-state index in [4.69, 9.17) is 10.5 Å². The summed E-state index contributed by atoms with van der Waals surface area (Å²) in [7, 11) is 0. The SMILES string of the molecule is N[CH]Cc1ccc(Oc2ccc(O)cc2)c(I)c1. The molecular formula is C14H13INO2. The van der Waals surface area contributed by atoms with Crippen molar-refractivity contribution in [2.75, 3.05) is 0 Å². The molecule has 0 saturated heterocycles. The van der Waals surface area contributed by atoms with E-state index in [-0.39, 0.29) is 5.75 Å². The van der Waals surface area contributed by atoms with E-state index in [0.29, 0.717) is 5.75 Å². The van der Waals surface area contributed by atoms with Crippen LogP contribution in [0.3, 0.4) is 0 Å². The van der Waals surface area contributed by atoms with Gasteiger partial charge in [-0.2, -0.15) is 0 Å². The third-order valence-electron chi connectivity index (χ3n) is 2.41. The number of phenols is 1. The first-order valence-corrected chi connectivity index (χ1v) is 6.55. The summed E-state index contributed by atoms with van der Waals surface area (Å²) < 4.78 is 6.76. The van der Waals surface area contributed by atoms with E-state index in [0.717, 1.165) is 21.3 Å². The largest absolute Gasteiger partial charge is 0.508 e. The zero-order valence-electron chi connectivity index (χ0n) is 9.64. The van der Waals surface area contributed by atoms with Crippen LogP contribution in [-0.4, -0.2) is 5.11 Å². The lowest BCUT2D eigenvalue weighted by Crippen LogP contribution is -1.96. The minimum Gasteiger partial charge on any atom is -0.508 e. The summed E-state index contributed by atoms with van der Waals surface area (Å²) >= 11 is 2.23. The van der Waals surface area contributed by atoms with Crippen LogP contribution in [-0.2, 0) is 6.42 Å². The van der Waals surface area contributed by atoms with Crippen molar-refractivity contribution in [1.82, 2.24) is 0 Å². The van der Waals surface area contributed by atoms with Crippen molar-refractivity contribution < 1.29 is 9.84 Å². The molecule has 0 bridgehead atoms.